The fraction of sp³-hybridized carbons (Fsp3) is 0.708. The molecule has 0 spiro atoms. The van der Waals surface area contributed by atoms with E-state index >= 15 is 0 Å². The quantitative estimate of drug-likeness (QED) is 0.756. The topological polar surface area (TPSA) is 80.0 Å². The van der Waals surface area contributed by atoms with Gasteiger partial charge in [-0.15, -0.1) is 0 Å². The highest BCUT2D eigenvalue weighted by Crippen LogP contribution is 2.36. The predicted octanol–water partition coefficient (Wildman–Crippen LogP) is 3.71. The first-order valence-corrected chi connectivity index (χ1v) is 11.9. The molecule has 30 heavy (non-hydrogen) atoms. The Hall–Kier alpha value is -1.79. The molecule has 1 aliphatic carbocycles. The second-order valence-electron chi connectivity index (χ2n) is 9.43. The Kier molecular flexibility index (Phi) is 6.84. The van der Waals surface area contributed by atoms with Crippen molar-refractivity contribution in [2.45, 2.75) is 89.7 Å². The summed E-state index contributed by atoms with van der Waals surface area (Å²) in [5.41, 5.74) is 2.08. The number of aliphatic hydroxyl groups is 1. The summed E-state index contributed by atoms with van der Waals surface area (Å²) in [6.45, 7) is 6.35. The lowest BCUT2D eigenvalue weighted by atomic mass is 9.82. The molecule has 2 aromatic heterocycles. The summed E-state index contributed by atoms with van der Waals surface area (Å²) in [5, 5.41) is 14.0. The van der Waals surface area contributed by atoms with Crippen LogP contribution >= 0.6 is 0 Å². The Morgan fingerprint density at radius 3 is 2.63 bits per heavy atom. The maximum Gasteiger partial charge on any atom is 0.261 e. The molecule has 0 amide bonds. The molecule has 6 nitrogen and oxygen atoms in total. The van der Waals surface area contributed by atoms with Crippen molar-refractivity contribution < 1.29 is 5.11 Å². The molecule has 2 aromatic rings. The summed E-state index contributed by atoms with van der Waals surface area (Å²) in [4.78, 5) is 22.9. The van der Waals surface area contributed by atoms with Gasteiger partial charge in [-0.25, -0.2) is 9.97 Å². The van der Waals surface area contributed by atoms with Crippen LogP contribution in [0.25, 0.3) is 10.9 Å². The van der Waals surface area contributed by atoms with Gasteiger partial charge in [0.2, 0.25) is 0 Å². The van der Waals surface area contributed by atoms with Crippen LogP contribution in [0.1, 0.15) is 88.6 Å². The lowest BCUT2D eigenvalue weighted by Gasteiger charge is -2.29. The predicted molar refractivity (Wildman–Crippen MR) is 120 cm³/mol. The molecular weight excluding hydrogens is 376 g/mol. The molecule has 0 bridgehead atoms. The van der Waals surface area contributed by atoms with Crippen molar-refractivity contribution in [1.29, 1.82) is 0 Å². The van der Waals surface area contributed by atoms with Gasteiger partial charge in [-0.1, -0.05) is 26.7 Å². The molecule has 164 valence electrons. The van der Waals surface area contributed by atoms with Crippen molar-refractivity contribution >= 4 is 10.9 Å². The number of pyridine rings is 1. The van der Waals surface area contributed by atoms with Gasteiger partial charge in [-0.2, -0.15) is 0 Å². The average molecular weight is 413 g/mol. The molecule has 1 saturated heterocycles. The van der Waals surface area contributed by atoms with Gasteiger partial charge in [0.1, 0.15) is 5.82 Å². The molecule has 1 aliphatic heterocycles. The third kappa shape index (κ3) is 4.59. The molecule has 2 fully saturated rings. The minimum Gasteiger partial charge on any atom is -0.393 e. The van der Waals surface area contributed by atoms with Gasteiger partial charge in [-0.3, -0.25) is 4.79 Å². The summed E-state index contributed by atoms with van der Waals surface area (Å²) in [6.07, 6.45) is 12.4. The Balaban J connectivity index is 1.78. The normalized spacial score (nSPS) is 24.2. The standard InChI is InChI=1S/C24H36N4O2/c1-3-4-16(2)13-22-26-14-20-23(27-22)21(17-5-7-19(29)8-6-17)15-28(24(20)30)18-9-11-25-12-10-18/h14-19,25,29H,3-13H2,1-2H3. The maximum absolute atomic E-state index is 13.4. The minimum absolute atomic E-state index is 0.0460. The largest absolute Gasteiger partial charge is 0.393 e. The van der Waals surface area contributed by atoms with E-state index in [1.54, 1.807) is 6.20 Å². The van der Waals surface area contributed by atoms with Gasteiger partial charge in [0.05, 0.1) is 17.0 Å². The molecule has 2 aliphatic rings. The van der Waals surface area contributed by atoms with Crippen LogP contribution in [0.3, 0.4) is 0 Å². The first-order chi connectivity index (χ1) is 14.6. The highest BCUT2D eigenvalue weighted by Gasteiger charge is 2.26. The summed E-state index contributed by atoms with van der Waals surface area (Å²) < 4.78 is 1.96. The van der Waals surface area contributed by atoms with E-state index in [4.69, 9.17) is 4.98 Å². The van der Waals surface area contributed by atoms with Crippen LogP contribution in [-0.4, -0.2) is 38.8 Å². The molecule has 1 saturated carbocycles. The molecule has 2 N–H and O–H groups in total. The van der Waals surface area contributed by atoms with Crippen molar-refractivity contribution in [3.63, 3.8) is 0 Å². The zero-order valence-electron chi connectivity index (χ0n) is 18.4. The first-order valence-electron chi connectivity index (χ1n) is 11.9. The summed E-state index contributed by atoms with van der Waals surface area (Å²) in [7, 11) is 0. The zero-order valence-corrected chi connectivity index (χ0v) is 18.4. The van der Waals surface area contributed by atoms with E-state index in [0.29, 0.717) is 17.2 Å². The van der Waals surface area contributed by atoms with Crippen LogP contribution in [0, 0.1) is 5.92 Å². The van der Waals surface area contributed by atoms with E-state index in [0.717, 1.165) is 82.2 Å². The van der Waals surface area contributed by atoms with Gasteiger partial charge in [-0.05, 0) is 69.0 Å². The second-order valence-corrected chi connectivity index (χ2v) is 9.43. The van der Waals surface area contributed by atoms with E-state index in [1.165, 1.54) is 5.56 Å². The highest BCUT2D eigenvalue weighted by molar-refractivity contribution is 5.80. The number of nitrogens with zero attached hydrogens (tertiary/aromatic N) is 3. The van der Waals surface area contributed by atoms with Crippen LogP contribution in [-0.2, 0) is 6.42 Å². The number of aromatic nitrogens is 3. The number of piperidine rings is 1. The van der Waals surface area contributed by atoms with Gasteiger partial charge in [0.25, 0.3) is 5.56 Å². The smallest absolute Gasteiger partial charge is 0.261 e. The van der Waals surface area contributed by atoms with Crippen LogP contribution < -0.4 is 10.9 Å². The molecule has 0 radical (unpaired) electrons. The SMILES string of the molecule is CCCC(C)Cc1ncc2c(=O)n(C3CCNCC3)cc(C3CCC(O)CC3)c2n1. The number of rotatable bonds is 6. The molecular formula is C24H36N4O2. The van der Waals surface area contributed by atoms with E-state index < -0.39 is 0 Å². The number of hydrogen-bond acceptors (Lipinski definition) is 5. The van der Waals surface area contributed by atoms with E-state index in [1.807, 2.05) is 4.57 Å². The number of hydrogen-bond donors (Lipinski definition) is 2. The van der Waals surface area contributed by atoms with Crippen molar-refractivity contribution in [2.24, 2.45) is 5.92 Å². The Morgan fingerprint density at radius 2 is 1.93 bits per heavy atom. The molecule has 4 rings (SSSR count). The fourth-order valence-corrected chi connectivity index (χ4v) is 5.25. The minimum atomic E-state index is -0.192. The Bertz CT molecular complexity index is 911. The van der Waals surface area contributed by atoms with Crippen LogP contribution in [0.5, 0.6) is 0 Å². The fourth-order valence-electron chi connectivity index (χ4n) is 5.25. The van der Waals surface area contributed by atoms with E-state index in [9.17, 15) is 9.90 Å². The number of aliphatic hydroxyl groups excluding tert-OH is 1. The van der Waals surface area contributed by atoms with Gasteiger partial charge >= 0.3 is 0 Å². The molecule has 0 aromatic carbocycles. The lowest BCUT2D eigenvalue weighted by Crippen LogP contribution is -2.35. The third-order valence-corrected chi connectivity index (χ3v) is 7.01. The summed E-state index contributed by atoms with van der Waals surface area (Å²) >= 11 is 0. The van der Waals surface area contributed by atoms with Crippen LogP contribution in [0.4, 0.5) is 0 Å². The summed E-state index contributed by atoms with van der Waals surface area (Å²) in [5.74, 6) is 1.73. The Labute approximate surface area is 179 Å². The maximum atomic E-state index is 13.4. The molecule has 1 unspecified atom stereocenters. The van der Waals surface area contributed by atoms with Crippen molar-refractivity contribution in [3.8, 4) is 0 Å². The Morgan fingerprint density at radius 1 is 1.20 bits per heavy atom. The van der Waals surface area contributed by atoms with Crippen molar-refractivity contribution in [2.75, 3.05) is 13.1 Å². The monoisotopic (exact) mass is 412 g/mol. The van der Waals surface area contributed by atoms with Crippen molar-refractivity contribution in [1.82, 2.24) is 19.9 Å². The van der Waals surface area contributed by atoms with E-state index in [-0.39, 0.29) is 17.7 Å². The van der Waals surface area contributed by atoms with E-state index in [2.05, 4.69) is 30.3 Å². The zero-order chi connectivity index (χ0) is 21.1. The molecule has 3 heterocycles. The average Bonchev–Trinajstić information content (AvgIpc) is 2.75. The van der Waals surface area contributed by atoms with Crippen molar-refractivity contribution in [3.05, 3.63) is 34.1 Å². The molecule has 1 atom stereocenters. The second kappa shape index (κ2) is 9.56. The summed E-state index contributed by atoms with van der Waals surface area (Å²) in [6, 6.07) is 0.236. The van der Waals surface area contributed by atoms with Gasteiger partial charge in [0.15, 0.2) is 0 Å². The lowest BCUT2D eigenvalue weighted by molar-refractivity contribution is 0.122. The van der Waals surface area contributed by atoms with Crippen LogP contribution in [0.2, 0.25) is 0 Å². The highest BCUT2D eigenvalue weighted by atomic mass is 16.3. The van der Waals surface area contributed by atoms with Gasteiger partial charge in [0, 0.05) is 24.9 Å². The number of nitrogens with one attached hydrogen (secondary N) is 1. The number of fused-ring (bicyclic) bond motifs is 1. The van der Waals surface area contributed by atoms with Crippen LogP contribution in [0.15, 0.2) is 17.2 Å². The third-order valence-electron chi connectivity index (χ3n) is 7.01. The molecule has 6 heteroatoms. The van der Waals surface area contributed by atoms with Gasteiger partial charge < -0.3 is 15.0 Å². The first kappa shape index (κ1) is 21.4.